The Morgan fingerprint density at radius 2 is 1.22 bits per heavy atom. The van der Waals surface area contributed by atoms with Crippen molar-refractivity contribution in [1.82, 2.24) is 0 Å². The Morgan fingerprint density at radius 1 is 0.783 bits per heavy atom. The third-order valence-corrected chi connectivity index (χ3v) is 4.70. The molecule has 1 atom stereocenters. The first-order valence-corrected chi connectivity index (χ1v) is 9.55. The van der Waals surface area contributed by atoms with E-state index < -0.39 is 12.1 Å². The topological polar surface area (TPSA) is 57.5 Å². The molecule has 1 unspecified atom stereocenters. The second-order valence-corrected chi connectivity index (χ2v) is 6.89. The molecule has 3 heteroatoms. The summed E-state index contributed by atoms with van der Waals surface area (Å²) in [4.78, 5) is 10.5. The number of hydrogen-bond donors (Lipinski definition) is 2. The molecule has 0 aliphatic rings. The molecule has 0 aromatic carbocycles. The molecule has 136 valence electrons. The van der Waals surface area contributed by atoms with Gasteiger partial charge in [-0.1, -0.05) is 69.4 Å². The summed E-state index contributed by atoms with van der Waals surface area (Å²) in [5.74, 6) is -1.10. The van der Waals surface area contributed by atoms with Gasteiger partial charge in [-0.2, -0.15) is 0 Å². The fraction of sp³-hybridized carbons (Fsp3) is 0.850. The number of unbranched alkanes of at least 4 members (excludes halogenated alkanes) is 8. The first-order chi connectivity index (χ1) is 11.0. The van der Waals surface area contributed by atoms with E-state index in [2.05, 4.69) is 20.8 Å². The molecular formula is C20H38O3. The summed E-state index contributed by atoms with van der Waals surface area (Å²) >= 11 is 0. The van der Waals surface area contributed by atoms with Gasteiger partial charge in [-0.3, -0.25) is 0 Å². The Labute approximate surface area is 143 Å². The van der Waals surface area contributed by atoms with Gasteiger partial charge >= 0.3 is 5.97 Å². The van der Waals surface area contributed by atoms with Gasteiger partial charge in [0, 0.05) is 0 Å². The molecule has 0 bridgehead atoms. The zero-order valence-corrected chi connectivity index (χ0v) is 15.6. The molecule has 2 N–H and O–H groups in total. The normalized spacial score (nSPS) is 13.7. The number of aliphatic hydroxyl groups is 1. The first kappa shape index (κ1) is 22.2. The number of aliphatic hydroxyl groups excluding tert-OH is 1. The fourth-order valence-corrected chi connectivity index (χ4v) is 2.80. The minimum absolute atomic E-state index is 0.376. The molecule has 0 saturated heterocycles. The summed E-state index contributed by atoms with van der Waals surface area (Å²) in [6, 6.07) is 0. The zero-order valence-electron chi connectivity index (χ0n) is 15.6. The molecule has 0 rings (SSSR count). The van der Waals surface area contributed by atoms with Gasteiger partial charge in [0.1, 0.15) is 0 Å². The summed E-state index contributed by atoms with van der Waals surface area (Å²) in [6.45, 7) is 6.77. The lowest BCUT2D eigenvalue weighted by Crippen LogP contribution is -2.18. The number of carbonyl (C=O) groups is 1. The number of hydrogen-bond acceptors (Lipinski definition) is 2. The summed E-state index contributed by atoms with van der Waals surface area (Å²) in [6.07, 6.45) is 13.8. The van der Waals surface area contributed by atoms with Gasteiger partial charge in [-0.05, 0) is 46.0 Å². The minimum atomic E-state index is -1.18. The largest absolute Gasteiger partial charge is 0.479 e. The number of carboxylic acid groups (broad SMARTS) is 1. The molecule has 0 spiro atoms. The highest BCUT2D eigenvalue weighted by Crippen LogP contribution is 2.19. The van der Waals surface area contributed by atoms with E-state index in [0.29, 0.717) is 6.42 Å². The quantitative estimate of drug-likeness (QED) is 0.293. The van der Waals surface area contributed by atoms with Crippen LogP contribution in [0, 0.1) is 0 Å². The van der Waals surface area contributed by atoms with E-state index in [1.165, 1.54) is 56.9 Å². The Hall–Kier alpha value is -0.830. The maximum Gasteiger partial charge on any atom is 0.332 e. The minimum Gasteiger partial charge on any atom is -0.479 e. The van der Waals surface area contributed by atoms with Crippen LogP contribution >= 0.6 is 0 Å². The molecule has 3 nitrogen and oxygen atoms in total. The van der Waals surface area contributed by atoms with Crippen LogP contribution in [0.25, 0.3) is 0 Å². The Morgan fingerprint density at radius 3 is 1.70 bits per heavy atom. The van der Waals surface area contributed by atoms with Crippen LogP contribution in [-0.4, -0.2) is 22.3 Å². The Bertz CT molecular complexity index is 334. The van der Waals surface area contributed by atoms with Crippen molar-refractivity contribution in [3.8, 4) is 0 Å². The van der Waals surface area contributed by atoms with Gasteiger partial charge in [0.15, 0.2) is 6.10 Å². The molecule has 0 heterocycles. The highest BCUT2D eigenvalue weighted by atomic mass is 16.4. The van der Waals surface area contributed by atoms with E-state index in [1.54, 1.807) is 5.57 Å². The molecule has 0 amide bonds. The molecule has 0 aromatic rings. The average Bonchev–Trinajstić information content (AvgIpc) is 2.53. The first-order valence-electron chi connectivity index (χ1n) is 9.55. The van der Waals surface area contributed by atoms with Gasteiger partial charge in [-0.15, -0.1) is 0 Å². The Kier molecular flexibility index (Phi) is 14.2. The van der Waals surface area contributed by atoms with Gasteiger partial charge in [0.2, 0.25) is 0 Å². The summed E-state index contributed by atoms with van der Waals surface area (Å²) < 4.78 is 0. The molecule has 23 heavy (non-hydrogen) atoms. The number of rotatable bonds is 15. The van der Waals surface area contributed by atoms with Crippen molar-refractivity contribution >= 4 is 5.97 Å². The smallest absolute Gasteiger partial charge is 0.332 e. The SMILES string of the molecule is CCCCCCCC/C(C)=C(/C)CCCCCCC(O)C(=O)O. The molecule has 0 fully saturated rings. The van der Waals surface area contributed by atoms with E-state index >= 15 is 0 Å². The zero-order chi connectivity index (χ0) is 17.5. The van der Waals surface area contributed by atoms with Crippen molar-refractivity contribution in [3.05, 3.63) is 11.1 Å². The summed E-state index contributed by atoms with van der Waals surface area (Å²) in [5.41, 5.74) is 3.09. The lowest BCUT2D eigenvalue weighted by Gasteiger charge is -2.09. The van der Waals surface area contributed by atoms with Crippen LogP contribution in [0.1, 0.15) is 104 Å². The monoisotopic (exact) mass is 326 g/mol. The van der Waals surface area contributed by atoms with Crippen molar-refractivity contribution in [2.75, 3.05) is 0 Å². The van der Waals surface area contributed by atoms with Crippen LogP contribution in [0.5, 0.6) is 0 Å². The molecule has 0 aromatic heterocycles. The highest BCUT2D eigenvalue weighted by Gasteiger charge is 2.11. The van der Waals surface area contributed by atoms with Crippen LogP contribution < -0.4 is 0 Å². The summed E-state index contributed by atoms with van der Waals surface area (Å²) in [5, 5.41) is 17.8. The molecule has 0 aliphatic heterocycles. The number of carboxylic acids is 1. The third kappa shape index (κ3) is 13.3. The maximum atomic E-state index is 10.5. The van der Waals surface area contributed by atoms with Crippen LogP contribution in [0.4, 0.5) is 0 Å². The van der Waals surface area contributed by atoms with Crippen LogP contribution in [-0.2, 0) is 4.79 Å². The van der Waals surface area contributed by atoms with E-state index in [4.69, 9.17) is 5.11 Å². The van der Waals surface area contributed by atoms with Gasteiger partial charge in [0.25, 0.3) is 0 Å². The van der Waals surface area contributed by atoms with Crippen LogP contribution in [0.3, 0.4) is 0 Å². The molecule has 0 aliphatic carbocycles. The van der Waals surface area contributed by atoms with Gasteiger partial charge in [-0.25, -0.2) is 4.79 Å². The molecule has 0 radical (unpaired) electrons. The van der Waals surface area contributed by atoms with E-state index in [-0.39, 0.29) is 0 Å². The second kappa shape index (κ2) is 14.7. The van der Waals surface area contributed by atoms with Crippen molar-refractivity contribution in [3.63, 3.8) is 0 Å². The van der Waals surface area contributed by atoms with Crippen molar-refractivity contribution in [2.24, 2.45) is 0 Å². The molecular weight excluding hydrogens is 288 g/mol. The second-order valence-electron chi connectivity index (χ2n) is 6.89. The fourth-order valence-electron chi connectivity index (χ4n) is 2.80. The van der Waals surface area contributed by atoms with E-state index in [1.807, 2.05) is 0 Å². The lowest BCUT2D eigenvalue weighted by atomic mass is 9.98. The van der Waals surface area contributed by atoms with Crippen molar-refractivity contribution < 1.29 is 15.0 Å². The predicted molar refractivity (Wildman–Crippen MR) is 97.7 cm³/mol. The van der Waals surface area contributed by atoms with E-state index in [9.17, 15) is 9.90 Å². The average molecular weight is 327 g/mol. The van der Waals surface area contributed by atoms with Gasteiger partial charge in [0.05, 0.1) is 0 Å². The van der Waals surface area contributed by atoms with Crippen molar-refractivity contribution in [2.45, 2.75) is 110 Å². The van der Waals surface area contributed by atoms with Crippen molar-refractivity contribution in [1.29, 1.82) is 0 Å². The number of aliphatic carboxylic acids is 1. The van der Waals surface area contributed by atoms with Crippen LogP contribution in [0.15, 0.2) is 11.1 Å². The van der Waals surface area contributed by atoms with E-state index in [0.717, 1.165) is 25.7 Å². The van der Waals surface area contributed by atoms with Crippen LogP contribution in [0.2, 0.25) is 0 Å². The maximum absolute atomic E-state index is 10.5. The molecule has 0 saturated carbocycles. The number of allylic oxidation sites excluding steroid dienone is 2. The third-order valence-electron chi connectivity index (χ3n) is 4.70. The highest BCUT2D eigenvalue weighted by molar-refractivity contribution is 5.71. The lowest BCUT2D eigenvalue weighted by molar-refractivity contribution is -0.146. The summed E-state index contributed by atoms with van der Waals surface area (Å²) in [7, 11) is 0. The predicted octanol–water partition coefficient (Wildman–Crippen LogP) is 5.86. The van der Waals surface area contributed by atoms with Gasteiger partial charge < -0.3 is 10.2 Å². The standard InChI is InChI=1S/C20H38O3/c1-4-5-6-7-8-11-14-17(2)18(3)15-12-9-10-13-16-19(21)20(22)23/h19,21H,4-16H2,1-3H3,(H,22,23)/b18-17-. The Balaban J connectivity index is 3.61.